The SMILES string of the molecule is N#Cc1ccccc1NC(=O)CCNc1cccc(F)c1. The number of nitriles is 1. The quantitative estimate of drug-likeness (QED) is 0.886. The van der Waals surface area contributed by atoms with Gasteiger partial charge in [-0.2, -0.15) is 5.26 Å². The van der Waals surface area contributed by atoms with Gasteiger partial charge >= 0.3 is 0 Å². The minimum atomic E-state index is -0.326. The van der Waals surface area contributed by atoms with Gasteiger partial charge in [-0.1, -0.05) is 18.2 Å². The van der Waals surface area contributed by atoms with Crippen LogP contribution in [0.2, 0.25) is 0 Å². The van der Waals surface area contributed by atoms with E-state index in [1.807, 2.05) is 6.07 Å². The van der Waals surface area contributed by atoms with Gasteiger partial charge in [0.05, 0.1) is 11.3 Å². The zero-order valence-electron chi connectivity index (χ0n) is 11.3. The Hall–Kier alpha value is -2.87. The van der Waals surface area contributed by atoms with E-state index in [-0.39, 0.29) is 18.1 Å². The predicted octanol–water partition coefficient (Wildman–Crippen LogP) is 3.14. The molecule has 0 spiro atoms. The van der Waals surface area contributed by atoms with Gasteiger partial charge in [-0.05, 0) is 30.3 Å². The van der Waals surface area contributed by atoms with Crippen LogP contribution < -0.4 is 10.6 Å². The molecule has 5 heteroatoms. The first-order valence-corrected chi connectivity index (χ1v) is 6.47. The molecule has 2 aromatic carbocycles. The normalized spacial score (nSPS) is 9.71. The summed E-state index contributed by atoms with van der Waals surface area (Å²) in [6, 6.07) is 14.9. The predicted molar refractivity (Wildman–Crippen MR) is 79.3 cm³/mol. The van der Waals surface area contributed by atoms with Gasteiger partial charge < -0.3 is 10.6 Å². The molecule has 2 aromatic rings. The molecule has 0 unspecified atom stereocenters. The summed E-state index contributed by atoms with van der Waals surface area (Å²) < 4.78 is 13.0. The molecule has 2 rings (SSSR count). The number of carbonyl (C=O) groups excluding carboxylic acids is 1. The minimum Gasteiger partial charge on any atom is -0.384 e. The van der Waals surface area contributed by atoms with E-state index in [0.717, 1.165) is 0 Å². The fourth-order valence-corrected chi connectivity index (χ4v) is 1.82. The summed E-state index contributed by atoms with van der Waals surface area (Å²) in [6.45, 7) is 0.379. The van der Waals surface area contributed by atoms with Crippen molar-refractivity contribution < 1.29 is 9.18 Å². The molecule has 0 aliphatic rings. The summed E-state index contributed by atoms with van der Waals surface area (Å²) in [4.78, 5) is 11.8. The molecular formula is C16H14FN3O. The number of anilines is 2. The highest BCUT2D eigenvalue weighted by atomic mass is 19.1. The Morgan fingerprint density at radius 1 is 1.19 bits per heavy atom. The summed E-state index contributed by atoms with van der Waals surface area (Å²) in [5.41, 5.74) is 1.54. The Kier molecular flexibility index (Phi) is 4.89. The van der Waals surface area contributed by atoms with Gasteiger partial charge in [0.25, 0.3) is 0 Å². The van der Waals surface area contributed by atoms with E-state index in [1.54, 1.807) is 36.4 Å². The molecule has 0 aromatic heterocycles. The first kappa shape index (κ1) is 14.5. The lowest BCUT2D eigenvalue weighted by Gasteiger charge is -2.08. The lowest BCUT2D eigenvalue weighted by molar-refractivity contribution is -0.115. The lowest BCUT2D eigenvalue weighted by Crippen LogP contribution is -2.16. The minimum absolute atomic E-state index is 0.207. The van der Waals surface area contributed by atoms with Gasteiger partial charge in [0.15, 0.2) is 0 Å². The van der Waals surface area contributed by atoms with E-state index in [9.17, 15) is 9.18 Å². The highest BCUT2D eigenvalue weighted by Crippen LogP contribution is 2.14. The Balaban J connectivity index is 1.84. The maximum Gasteiger partial charge on any atom is 0.226 e. The van der Waals surface area contributed by atoms with E-state index in [4.69, 9.17) is 5.26 Å². The second kappa shape index (κ2) is 7.06. The summed E-state index contributed by atoms with van der Waals surface area (Å²) in [6.07, 6.45) is 0.219. The highest BCUT2D eigenvalue weighted by molar-refractivity contribution is 5.92. The Morgan fingerprint density at radius 3 is 2.76 bits per heavy atom. The average Bonchev–Trinajstić information content (AvgIpc) is 2.48. The van der Waals surface area contributed by atoms with Crippen molar-refractivity contribution in [2.24, 2.45) is 0 Å². The lowest BCUT2D eigenvalue weighted by atomic mass is 10.2. The number of benzene rings is 2. The van der Waals surface area contributed by atoms with Crippen LogP contribution in [0.25, 0.3) is 0 Å². The van der Waals surface area contributed by atoms with E-state index in [2.05, 4.69) is 10.6 Å². The molecule has 106 valence electrons. The monoisotopic (exact) mass is 283 g/mol. The number of carbonyl (C=O) groups is 1. The summed E-state index contributed by atoms with van der Waals surface area (Å²) in [7, 11) is 0. The molecule has 21 heavy (non-hydrogen) atoms. The van der Waals surface area contributed by atoms with Crippen LogP contribution in [0.5, 0.6) is 0 Å². The van der Waals surface area contributed by atoms with Crippen LogP contribution in [0.4, 0.5) is 15.8 Å². The Bertz CT molecular complexity index is 679. The molecule has 0 bridgehead atoms. The van der Waals surface area contributed by atoms with Crippen molar-refractivity contribution in [2.75, 3.05) is 17.2 Å². The van der Waals surface area contributed by atoms with Crippen LogP contribution >= 0.6 is 0 Å². The van der Waals surface area contributed by atoms with Crippen molar-refractivity contribution in [3.63, 3.8) is 0 Å². The van der Waals surface area contributed by atoms with Crippen molar-refractivity contribution in [1.29, 1.82) is 5.26 Å². The topological polar surface area (TPSA) is 64.9 Å². The number of para-hydroxylation sites is 1. The second-order valence-corrected chi connectivity index (χ2v) is 4.39. The molecule has 2 N–H and O–H groups in total. The van der Waals surface area contributed by atoms with Crippen molar-refractivity contribution in [1.82, 2.24) is 0 Å². The number of hydrogen-bond donors (Lipinski definition) is 2. The van der Waals surface area contributed by atoms with E-state index in [1.165, 1.54) is 12.1 Å². The number of hydrogen-bond acceptors (Lipinski definition) is 3. The fourth-order valence-electron chi connectivity index (χ4n) is 1.82. The molecule has 0 fully saturated rings. The van der Waals surface area contributed by atoms with Gasteiger partial charge in [-0.25, -0.2) is 4.39 Å². The molecule has 0 atom stereocenters. The van der Waals surface area contributed by atoms with Crippen molar-refractivity contribution >= 4 is 17.3 Å². The molecule has 1 amide bonds. The van der Waals surface area contributed by atoms with Gasteiger partial charge in [0.1, 0.15) is 11.9 Å². The largest absolute Gasteiger partial charge is 0.384 e. The van der Waals surface area contributed by atoms with E-state index >= 15 is 0 Å². The molecule has 0 aliphatic carbocycles. The highest BCUT2D eigenvalue weighted by Gasteiger charge is 2.06. The van der Waals surface area contributed by atoms with E-state index < -0.39 is 0 Å². The van der Waals surface area contributed by atoms with Crippen LogP contribution in [0, 0.1) is 17.1 Å². The second-order valence-electron chi connectivity index (χ2n) is 4.39. The third kappa shape index (κ3) is 4.32. The molecule has 0 saturated carbocycles. The number of nitrogens with zero attached hydrogens (tertiary/aromatic N) is 1. The van der Waals surface area contributed by atoms with Gasteiger partial charge in [-0.15, -0.1) is 0 Å². The smallest absolute Gasteiger partial charge is 0.226 e. The maximum atomic E-state index is 13.0. The van der Waals surface area contributed by atoms with Crippen molar-refractivity contribution in [2.45, 2.75) is 6.42 Å². The standard InChI is InChI=1S/C16H14FN3O/c17-13-5-3-6-14(10-13)19-9-8-16(21)20-15-7-2-1-4-12(15)11-18/h1-7,10,19H,8-9H2,(H,20,21). The van der Waals surface area contributed by atoms with Crippen LogP contribution in [0.1, 0.15) is 12.0 Å². The summed E-state index contributed by atoms with van der Waals surface area (Å²) in [5.74, 6) is -0.533. The van der Waals surface area contributed by atoms with Crippen LogP contribution in [-0.4, -0.2) is 12.5 Å². The van der Waals surface area contributed by atoms with Gasteiger partial charge in [-0.3, -0.25) is 4.79 Å². The number of rotatable bonds is 5. The Labute approximate surface area is 122 Å². The molecule has 0 radical (unpaired) electrons. The number of nitrogens with one attached hydrogen (secondary N) is 2. The average molecular weight is 283 g/mol. The first-order valence-electron chi connectivity index (χ1n) is 6.47. The number of halogens is 1. The number of amides is 1. The van der Waals surface area contributed by atoms with Crippen LogP contribution in [0.3, 0.4) is 0 Å². The van der Waals surface area contributed by atoms with Crippen LogP contribution in [-0.2, 0) is 4.79 Å². The van der Waals surface area contributed by atoms with Gasteiger partial charge in [0, 0.05) is 18.7 Å². The van der Waals surface area contributed by atoms with Crippen molar-refractivity contribution in [3.05, 3.63) is 59.9 Å². The van der Waals surface area contributed by atoms with E-state index in [0.29, 0.717) is 23.5 Å². The summed E-state index contributed by atoms with van der Waals surface area (Å²) in [5, 5.41) is 14.6. The molecule has 4 nitrogen and oxygen atoms in total. The summed E-state index contributed by atoms with van der Waals surface area (Å²) >= 11 is 0. The maximum absolute atomic E-state index is 13.0. The molecule has 0 saturated heterocycles. The first-order chi connectivity index (χ1) is 10.2. The zero-order chi connectivity index (χ0) is 15.1. The fraction of sp³-hybridized carbons (Fsp3) is 0.125. The van der Waals surface area contributed by atoms with Gasteiger partial charge in [0.2, 0.25) is 5.91 Å². The van der Waals surface area contributed by atoms with Crippen molar-refractivity contribution in [3.8, 4) is 6.07 Å². The molecule has 0 aliphatic heterocycles. The Morgan fingerprint density at radius 2 is 2.00 bits per heavy atom. The third-order valence-corrected chi connectivity index (χ3v) is 2.83. The molecular weight excluding hydrogens is 269 g/mol. The molecule has 0 heterocycles. The zero-order valence-corrected chi connectivity index (χ0v) is 11.3. The van der Waals surface area contributed by atoms with Crippen LogP contribution in [0.15, 0.2) is 48.5 Å². The third-order valence-electron chi connectivity index (χ3n) is 2.83.